The Morgan fingerprint density at radius 2 is 1.74 bits per heavy atom. The van der Waals surface area contributed by atoms with Crippen molar-refractivity contribution in [3.05, 3.63) is 35.0 Å². The largest absolute Gasteiger partial charge is 0.476 e. The van der Waals surface area contributed by atoms with Gasteiger partial charge in [0, 0.05) is 11.4 Å². The molecule has 6 nitrogen and oxygen atoms in total. The highest BCUT2D eigenvalue weighted by Gasteiger charge is 2.09. The molecule has 0 bridgehead atoms. The van der Waals surface area contributed by atoms with Gasteiger partial charge < -0.3 is 5.11 Å². The fraction of sp³-hybridized carbons (Fsp3) is 0.250. The number of carbonyl (C=O) groups is 1. The zero-order chi connectivity index (χ0) is 14.0. The van der Waals surface area contributed by atoms with Gasteiger partial charge in [0.25, 0.3) is 0 Å². The third kappa shape index (κ3) is 3.05. The molecule has 0 spiro atoms. The molecule has 7 heteroatoms. The normalized spacial score (nSPS) is 10.5. The van der Waals surface area contributed by atoms with Crippen molar-refractivity contribution in [2.45, 2.75) is 31.0 Å². The molecule has 2 aromatic rings. The average molecular weight is 276 g/mol. The van der Waals surface area contributed by atoms with Gasteiger partial charge in [-0.25, -0.2) is 24.7 Å². The first-order chi connectivity index (χ1) is 8.97. The summed E-state index contributed by atoms with van der Waals surface area (Å²) in [6.45, 7) is 5.82. The summed E-state index contributed by atoms with van der Waals surface area (Å²) < 4.78 is 0. The van der Waals surface area contributed by atoms with Crippen LogP contribution in [-0.2, 0) is 0 Å². The molecule has 0 radical (unpaired) electrons. The topological polar surface area (TPSA) is 88.9 Å². The fourth-order valence-corrected chi connectivity index (χ4v) is 2.12. The van der Waals surface area contributed by atoms with E-state index in [9.17, 15) is 4.79 Å². The molecule has 0 aliphatic carbocycles. The van der Waals surface area contributed by atoms with E-state index in [0.29, 0.717) is 10.2 Å². The predicted octanol–water partition coefficient (Wildman–Crippen LogP) is 2.04. The molecular weight excluding hydrogens is 264 g/mol. The van der Waals surface area contributed by atoms with Crippen LogP contribution >= 0.6 is 11.8 Å². The average Bonchev–Trinajstić information content (AvgIpc) is 2.36. The molecule has 0 amide bonds. The van der Waals surface area contributed by atoms with Crippen LogP contribution < -0.4 is 0 Å². The summed E-state index contributed by atoms with van der Waals surface area (Å²) in [6.07, 6.45) is 2.63. The van der Waals surface area contributed by atoms with Gasteiger partial charge in [0.15, 0.2) is 10.9 Å². The molecular formula is C12H12N4O2S. The molecule has 19 heavy (non-hydrogen) atoms. The van der Waals surface area contributed by atoms with E-state index in [2.05, 4.69) is 19.9 Å². The summed E-state index contributed by atoms with van der Waals surface area (Å²) >= 11 is 1.26. The van der Waals surface area contributed by atoms with E-state index >= 15 is 0 Å². The number of aromatic nitrogens is 4. The minimum absolute atomic E-state index is 0.0819. The SMILES string of the molecule is Cc1nc(Sc2cnc(C(=O)O)cn2)nc(C)c1C. The molecule has 0 saturated carbocycles. The highest BCUT2D eigenvalue weighted by atomic mass is 32.2. The van der Waals surface area contributed by atoms with E-state index in [1.165, 1.54) is 24.2 Å². The first-order valence-electron chi connectivity index (χ1n) is 5.52. The Morgan fingerprint density at radius 1 is 1.11 bits per heavy atom. The summed E-state index contributed by atoms with van der Waals surface area (Å²) in [4.78, 5) is 27.2. The number of aryl methyl sites for hydroxylation is 2. The summed E-state index contributed by atoms with van der Waals surface area (Å²) in [5.74, 6) is -1.10. The van der Waals surface area contributed by atoms with Crippen LogP contribution in [0.5, 0.6) is 0 Å². The standard InChI is InChI=1S/C12H12N4O2S/c1-6-7(2)15-12(16-8(6)3)19-10-5-13-9(4-14-10)11(17)18/h4-5H,1-3H3,(H,17,18). The molecule has 0 saturated heterocycles. The second-order valence-electron chi connectivity index (χ2n) is 3.95. The number of nitrogens with zero attached hydrogens (tertiary/aromatic N) is 4. The van der Waals surface area contributed by atoms with E-state index in [1.54, 1.807) is 0 Å². The molecule has 2 heterocycles. The quantitative estimate of drug-likeness (QED) is 0.858. The van der Waals surface area contributed by atoms with Crippen LogP contribution in [0.4, 0.5) is 0 Å². The second kappa shape index (κ2) is 5.31. The Bertz CT molecular complexity index is 605. The van der Waals surface area contributed by atoms with Crippen molar-refractivity contribution < 1.29 is 9.90 Å². The minimum Gasteiger partial charge on any atom is -0.476 e. The van der Waals surface area contributed by atoms with Crippen LogP contribution in [0.1, 0.15) is 27.4 Å². The molecule has 0 aliphatic rings. The Hall–Kier alpha value is -2.02. The maximum absolute atomic E-state index is 10.7. The van der Waals surface area contributed by atoms with E-state index in [4.69, 9.17) is 5.11 Å². The van der Waals surface area contributed by atoms with Crippen LogP contribution in [0.15, 0.2) is 22.6 Å². The van der Waals surface area contributed by atoms with Gasteiger partial charge in [-0.15, -0.1) is 0 Å². The number of rotatable bonds is 3. The van der Waals surface area contributed by atoms with Gasteiger partial charge in [-0.05, 0) is 38.1 Å². The Balaban J connectivity index is 2.24. The van der Waals surface area contributed by atoms with E-state index in [1.807, 2.05) is 20.8 Å². The van der Waals surface area contributed by atoms with Crippen molar-refractivity contribution >= 4 is 17.7 Å². The lowest BCUT2D eigenvalue weighted by molar-refractivity contribution is 0.0689. The predicted molar refractivity (Wildman–Crippen MR) is 69.4 cm³/mol. The summed E-state index contributed by atoms with van der Waals surface area (Å²) in [6, 6.07) is 0. The number of hydrogen-bond acceptors (Lipinski definition) is 6. The number of aromatic carboxylic acids is 1. The van der Waals surface area contributed by atoms with Crippen molar-refractivity contribution in [3.63, 3.8) is 0 Å². The fourth-order valence-electron chi connectivity index (χ4n) is 1.36. The van der Waals surface area contributed by atoms with Gasteiger partial charge in [-0.2, -0.15) is 0 Å². The van der Waals surface area contributed by atoms with Gasteiger partial charge in [0.1, 0.15) is 5.03 Å². The van der Waals surface area contributed by atoms with Crippen LogP contribution in [-0.4, -0.2) is 31.0 Å². The Morgan fingerprint density at radius 3 is 2.21 bits per heavy atom. The third-order valence-electron chi connectivity index (χ3n) is 2.66. The number of carboxylic acids is 1. The lowest BCUT2D eigenvalue weighted by Gasteiger charge is -2.06. The highest BCUT2D eigenvalue weighted by molar-refractivity contribution is 7.99. The molecule has 2 aromatic heterocycles. The summed E-state index contributed by atoms with van der Waals surface area (Å²) in [5.41, 5.74) is 2.83. The van der Waals surface area contributed by atoms with Gasteiger partial charge in [-0.3, -0.25) is 0 Å². The van der Waals surface area contributed by atoms with Crippen molar-refractivity contribution in [2.24, 2.45) is 0 Å². The molecule has 0 aromatic carbocycles. The van der Waals surface area contributed by atoms with E-state index in [0.717, 1.165) is 17.0 Å². The molecule has 2 rings (SSSR count). The monoisotopic (exact) mass is 276 g/mol. The maximum atomic E-state index is 10.7. The molecule has 0 unspecified atom stereocenters. The first kappa shape index (κ1) is 13.4. The van der Waals surface area contributed by atoms with Crippen molar-refractivity contribution in [1.82, 2.24) is 19.9 Å². The number of hydrogen-bond donors (Lipinski definition) is 1. The molecule has 0 atom stereocenters. The zero-order valence-electron chi connectivity index (χ0n) is 10.7. The lowest BCUT2D eigenvalue weighted by atomic mass is 10.2. The van der Waals surface area contributed by atoms with E-state index in [-0.39, 0.29) is 5.69 Å². The highest BCUT2D eigenvalue weighted by Crippen LogP contribution is 2.23. The Labute approximate surface area is 114 Å². The van der Waals surface area contributed by atoms with Crippen LogP contribution in [0.3, 0.4) is 0 Å². The third-order valence-corrected chi connectivity index (χ3v) is 3.44. The molecule has 0 aliphatic heterocycles. The zero-order valence-corrected chi connectivity index (χ0v) is 11.5. The van der Waals surface area contributed by atoms with Crippen LogP contribution in [0.2, 0.25) is 0 Å². The summed E-state index contributed by atoms with van der Waals surface area (Å²) in [5, 5.41) is 9.88. The van der Waals surface area contributed by atoms with Gasteiger partial charge >= 0.3 is 5.97 Å². The van der Waals surface area contributed by atoms with Crippen molar-refractivity contribution in [2.75, 3.05) is 0 Å². The van der Waals surface area contributed by atoms with Gasteiger partial charge in [-0.1, -0.05) is 0 Å². The maximum Gasteiger partial charge on any atom is 0.356 e. The van der Waals surface area contributed by atoms with Gasteiger partial charge in [0.05, 0.1) is 12.4 Å². The lowest BCUT2D eigenvalue weighted by Crippen LogP contribution is -2.01. The molecule has 1 N–H and O–H groups in total. The minimum atomic E-state index is -1.10. The number of carboxylic acid groups (broad SMARTS) is 1. The van der Waals surface area contributed by atoms with Crippen LogP contribution in [0.25, 0.3) is 0 Å². The smallest absolute Gasteiger partial charge is 0.356 e. The van der Waals surface area contributed by atoms with Gasteiger partial charge in [0.2, 0.25) is 0 Å². The van der Waals surface area contributed by atoms with Crippen molar-refractivity contribution in [1.29, 1.82) is 0 Å². The second-order valence-corrected chi connectivity index (χ2v) is 4.94. The summed E-state index contributed by atoms with van der Waals surface area (Å²) in [7, 11) is 0. The van der Waals surface area contributed by atoms with Crippen LogP contribution in [0, 0.1) is 20.8 Å². The first-order valence-corrected chi connectivity index (χ1v) is 6.34. The van der Waals surface area contributed by atoms with E-state index < -0.39 is 5.97 Å². The molecule has 0 fully saturated rings. The molecule has 98 valence electrons. The Kier molecular flexibility index (Phi) is 3.75. The van der Waals surface area contributed by atoms with Crippen molar-refractivity contribution in [3.8, 4) is 0 Å².